The quantitative estimate of drug-likeness (QED) is 0.614. The summed E-state index contributed by atoms with van der Waals surface area (Å²) in [7, 11) is 0. The average molecular weight is 306 g/mol. The number of hydrogen-bond donors (Lipinski definition) is 1. The van der Waals surface area contributed by atoms with Crippen molar-refractivity contribution >= 4 is 22.6 Å². The molecule has 1 nitrogen and oxygen atoms in total. The normalized spacial score (nSPS) is 52.3. The fourth-order valence-electron chi connectivity index (χ4n) is 4.75. The summed E-state index contributed by atoms with van der Waals surface area (Å²) in [6.45, 7) is 0. The van der Waals surface area contributed by atoms with E-state index in [2.05, 4.69) is 22.6 Å². The van der Waals surface area contributed by atoms with Gasteiger partial charge in [-0.15, -0.1) is 0 Å². The number of aliphatic hydroxyl groups is 1. The smallest absolute Gasteiger partial charge is 0.0686 e. The molecule has 0 aromatic rings. The minimum absolute atomic E-state index is 0.0171. The lowest BCUT2D eigenvalue weighted by molar-refractivity contribution is -0.111. The molecule has 0 amide bonds. The Labute approximate surface area is 99.8 Å². The molecule has 0 saturated heterocycles. The third-order valence-electron chi connectivity index (χ3n) is 4.94. The van der Waals surface area contributed by atoms with E-state index in [4.69, 9.17) is 0 Å². The number of hydrogen-bond acceptors (Lipinski definition) is 1. The van der Waals surface area contributed by atoms with Crippen molar-refractivity contribution in [2.75, 3.05) is 4.43 Å². The fraction of sp³-hybridized carbons (Fsp3) is 1.00. The third kappa shape index (κ3) is 1.36. The Morgan fingerprint density at radius 2 is 1.50 bits per heavy atom. The largest absolute Gasteiger partial charge is 0.392 e. The minimum atomic E-state index is -0.0171. The molecule has 14 heavy (non-hydrogen) atoms. The molecule has 4 aliphatic rings. The van der Waals surface area contributed by atoms with Crippen LogP contribution in [-0.4, -0.2) is 15.6 Å². The SMILES string of the molecule is O[C@@H](CI)C12CC3CC(CC(C3)C1)C2. The van der Waals surface area contributed by atoms with Gasteiger partial charge in [0.2, 0.25) is 0 Å². The topological polar surface area (TPSA) is 20.2 Å². The zero-order valence-corrected chi connectivity index (χ0v) is 10.7. The van der Waals surface area contributed by atoms with E-state index in [9.17, 15) is 5.11 Å². The summed E-state index contributed by atoms with van der Waals surface area (Å²) in [6.07, 6.45) is 8.43. The minimum Gasteiger partial charge on any atom is -0.392 e. The zero-order valence-electron chi connectivity index (χ0n) is 8.58. The van der Waals surface area contributed by atoms with E-state index in [-0.39, 0.29) is 6.10 Å². The van der Waals surface area contributed by atoms with Crippen LogP contribution in [0.1, 0.15) is 38.5 Å². The van der Waals surface area contributed by atoms with Crippen LogP contribution in [0, 0.1) is 23.2 Å². The van der Waals surface area contributed by atoms with Gasteiger partial charge in [-0.1, -0.05) is 22.6 Å². The number of halogens is 1. The molecule has 0 aliphatic heterocycles. The van der Waals surface area contributed by atoms with Gasteiger partial charge in [0.25, 0.3) is 0 Å². The average Bonchev–Trinajstić information content (AvgIpc) is 2.14. The van der Waals surface area contributed by atoms with Crippen LogP contribution < -0.4 is 0 Å². The highest BCUT2D eigenvalue weighted by atomic mass is 127. The zero-order chi connectivity index (χ0) is 9.76. The van der Waals surface area contributed by atoms with E-state index >= 15 is 0 Å². The molecule has 0 spiro atoms. The first-order chi connectivity index (χ1) is 6.72. The van der Waals surface area contributed by atoms with Gasteiger partial charge in [-0.3, -0.25) is 0 Å². The van der Waals surface area contributed by atoms with E-state index in [1.54, 1.807) is 0 Å². The van der Waals surface area contributed by atoms with E-state index in [1.165, 1.54) is 38.5 Å². The summed E-state index contributed by atoms with van der Waals surface area (Å²) in [4.78, 5) is 0. The van der Waals surface area contributed by atoms with E-state index in [1.807, 2.05) is 0 Å². The summed E-state index contributed by atoms with van der Waals surface area (Å²) in [5.74, 6) is 2.91. The van der Waals surface area contributed by atoms with Gasteiger partial charge >= 0.3 is 0 Å². The van der Waals surface area contributed by atoms with Gasteiger partial charge in [0.1, 0.15) is 0 Å². The van der Waals surface area contributed by atoms with Gasteiger partial charge in [-0.25, -0.2) is 0 Å². The van der Waals surface area contributed by atoms with Crippen LogP contribution in [0.2, 0.25) is 0 Å². The lowest BCUT2D eigenvalue weighted by atomic mass is 9.48. The second kappa shape index (κ2) is 3.34. The summed E-state index contributed by atoms with van der Waals surface area (Å²) in [6, 6.07) is 0. The van der Waals surface area contributed by atoms with E-state index in [0.29, 0.717) is 5.41 Å². The molecule has 4 bridgehead atoms. The maximum Gasteiger partial charge on any atom is 0.0686 e. The van der Waals surface area contributed by atoms with Crippen molar-refractivity contribution in [3.8, 4) is 0 Å². The van der Waals surface area contributed by atoms with Crippen LogP contribution in [0.5, 0.6) is 0 Å². The molecule has 4 aliphatic carbocycles. The molecule has 0 unspecified atom stereocenters. The molecule has 0 aromatic carbocycles. The van der Waals surface area contributed by atoms with Crippen LogP contribution in [0.3, 0.4) is 0 Å². The van der Waals surface area contributed by atoms with Crippen LogP contribution in [0.25, 0.3) is 0 Å². The molecule has 4 fully saturated rings. The van der Waals surface area contributed by atoms with Crippen molar-refractivity contribution in [1.29, 1.82) is 0 Å². The highest BCUT2D eigenvalue weighted by Crippen LogP contribution is 2.61. The molecule has 0 aromatic heterocycles. The Kier molecular flexibility index (Phi) is 2.36. The molecular formula is C12H19IO. The van der Waals surface area contributed by atoms with E-state index in [0.717, 1.165) is 22.2 Å². The molecular weight excluding hydrogens is 287 g/mol. The lowest BCUT2D eigenvalue weighted by Crippen LogP contribution is -2.52. The lowest BCUT2D eigenvalue weighted by Gasteiger charge is -2.58. The maximum atomic E-state index is 10.2. The highest BCUT2D eigenvalue weighted by molar-refractivity contribution is 14.1. The van der Waals surface area contributed by atoms with Crippen molar-refractivity contribution < 1.29 is 5.11 Å². The van der Waals surface area contributed by atoms with Crippen molar-refractivity contribution in [2.24, 2.45) is 23.2 Å². The van der Waals surface area contributed by atoms with E-state index < -0.39 is 0 Å². The second-order valence-corrected chi connectivity index (χ2v) is 6.83. The Bertz CT molecular complexity index is 203. The monoisotopic (exact) mass is 306 g/mol. The van der Waals surface area contributed by atoms with Crippen LogP contribution in [0.4, 0.5) is 0 Å². The molecule has 1 atom stereocenters. The fourth-order valence-corrected chi connectivity index (χ4v) is 5.68. The van der Waals surface area contributed by atoms with Gasteiger partial charge in [0.15, 0.2) is 0 Å². The van der Waals surface area contributed by atoms with Crippen LogP contribution >= 0.6 is 22.6 Å². The molecule has 1 N–H and O–H groups in total. The molecule has 80 valence electrons. The van der Waals surface area contributed by atoms with Crippen molar-refractivity contribution in [2.45, 2.75) is 44.6 Å². The maximum absolute atomic E-state index is 10.2. The molecule has 0 radical (unpaired) electrons. The first kappa shape index (κ1) is 9.88. The summed E-state index contributed by atoms with van der Waals surface area (Å²) in [5.41, 5.74) is 0.357. The molecule has 4 saturated carbocycles. The molecule has 4 rings (SSSR count). The van der Waals surface area contributed by atoms with Crippen molar-refractivity contribution in [1.82, 2.24) is 0 Å². The third-order valence-corrected chi connectivity index (χ3v) is 5.77. The number of alkyl halides is 1. The van der Waals surface area contributed by atoms with Crippen molar-refractivity contribution in [3.05, 3.63) is 0 Å². The van der Waals surface area contributed by atoms with Gasteiger partial charge < -0.3 is 5.11 Å². The number of rotatable bonds is 2. The predicted octanol–water partition coefficient (Wildman–Crippen LogP) is 3.00. The Morgan fingerprint density at radius 3 is 1.86 bits per heavy atom. The first-order valence-electron chi connectivity index (χ1n) is 5.96. The predicted molar refractivity (Wildman–Crippen MR) is 65.5 cm³/mol. The second-order valence-electron chi connectivity index (χ2n) is 5.95. The number of aliphatic hydroxyl groups excluding tert-OH is 1. The summed E-state index contributed by atoms with van der Waals surface area (Å²) < 4.78 is 0.934. The molecule has 0 heterocycles. The Hall–Kier alpha value is 0.690. The summed E-state index contributed by atoms with van der Waals surface area (Å²) >= 11 is 2.35. The van der Waals surface area contributed by atoms with Gasteiger partial charge in [0, 0.05) is 4.43 Å². The van der Waals surface area contributed by atoms with Gasteiger partial charge in [0.05, 0.1) is 6.10 Å². The Balaban J connectivity index is 1.87. The van der Waals surface area contributed by atoms with Gasteiger partial charge in [-0.05, 0) is 61.7 Å². The van der Waals surface area contributed by atoms with Crippen molar-refractivity contribution in [3.63, 3.8) is 0 Å². The standard InChI is InChI=1S/C12H19IO/c13-7-11(14)12-4-8-1-9(5-12)3-10(2-8)6-12/h8-11,14H,1-7H2/t8?,9?,10?,11-,12?/m0/s1. The van der Waals surface area contributed by atoms with Gasteiger partial charge in [-0.2, -0.15) is 0 Å². The Morgan fingerprint density at radius 1 is 1.07 bits per heavy atom. The van der Waals surface area contributed by atoms with Crippen LogP contribution in [-0.2, 0) is 0 Å². The molecule has 2 heteroatoms. The first-order valence-corrected chi connectivity index (χ1v) is 7.48. The highest BCUT2D eigenvalue weighted by Gasteiger charge is 2.53. The van der Waals surface area contributed by atoms with Crippen LogP contribution in [0.15, 0.2) is 0 Å². The summed E-state index contributed by atoms with van der Waals surface area (Å²) in [5, 5.41) is 10.2.